The highest BCUT2D eigenvalue weighted by atomic mass is 16.6. The molecule has 1 aliphatic rings. The number of aromatic nitrogens is 2. The summed E-state index contributed by atoms with van der Waals surface area (Å²) in [6.07, 6.45) is 2.06. The van der Waals surface area contributed by atoms with Crippen molar-refractivity contribution in [1.82, 2.24) is 9.38 Å². The van der Waals surface area contributed by atoms with E-state index < -0.39 is 0 Å². The Morgan fingerprint density at radius 3 is 2.77 bits per heavy atom. The van der Waals surface area contributed by atoms with Crippen LogP contribution in [0.25, 0.3) is 16.9 Å². The number of fused-ring (bicyclic) bond motifs is 2. The summed E-state index contributed by atoms with van der Waals surface area (Å²) >= 11 is 0. The Morgan fingerprint density at radius 2 is 1.95 bits per heavy atom. The minimum atomic E-state index is 0.425. The van der Waals surface area contributed by atoms with Crippen LogP contribution in [-0.4, -0.2) is 22.6 Å². The lowest BCUT2D eigenvalue weighted by atomic mass is 10.1. The van der Waals surface area contributed by atoms with E-state index in [1.54, 1.807) is 0 Å². The van der Waals surface area contributed by atoms with Crippen LogP contribution >= 0.6 is 0 Å². The van der Waals surface area contributed by atoms with Crippen LogP contribution in [0.2, 0.25) is 0 Å². The molecule has 0 aliphatic carbocycles. The highest BCUT2D eigenvalue weighted by molar-refractivity contribution is 5.69. The number of nitrogens with zero attached hydrogens (tertiary/aromatic N) is 2. The van der Waals surface area contributed by atoms with Gasteiger partial charge in [0.15, 0.2) is 11.5 Å². The molecule has 2 N–H and O–H groups in total. The van der Waals surface area contributed by atoms with E-state index in [2.05, 4.69) is 23.6 Å². The van der Waals surface area contributed by atoms with Gasteiger partial charge in [-0.1, -0.05) is 6.07 Å². The van der Waals surface area contributed by atoms with Crippen LogP contribution in [0.15, 0.2) is 36.5 Å². The first-order valence-corrected chi connectivity index (χ1v) is 7.34. The molecule has 0 spiro atoms. The van der Waals surface area contributed by atoms with Crippen molar-refractivity contribution in [2.75, 3.05) is 13.2 Å². The monoisotopic (exact) mass is 295 g/mol. The molecule has 0 atom stereocenters. The molecule has 3 heterocycles. The molecule has 0 bridgehead atoms. The van der Waals surface area contributed by atoms with E-state index in [4.69, 9.17) is 20.2 Å². The molecule has 5 nitrogen and oxygen atoms in total. The van der Waals surface area contributed by atoms with Crippen LogP contribution < -0.4 is 15.2 Å². The topological polar surface area (TPSA) is 61.8 Å². The van der Waals surface area contributed by atoms with Gasteiger partial charge in [-0.2, -0.15) is 0 Å². The summed E-state index contributed by atoms with van der Waals surface area (Å²) in [5, 5.41) is 0. The molecule has 2 aromatic heterocycles. The lowest BCUT2D eigenvalue weighted by molar-refractivity contribution is 0.171. The minimum absolute atomic E-state index is 0.425. The molecule has 5 heteroatoms. The van der Waals surface area contributed by atoms with E-state index in [1.165, 1.54) is 5.56 Å². The predicted molar refractivity (Wildman–Crippen MR) is 84.2 cm³/mol. The second-order valence-electron chi connectivity index (χ2n) is 5.40. The first kappa shape index (κ1) is 13.2. The fourth-order valence-electron chi connectivity index (χ4n) is 2.82. The zero-order valence-corrected chi connectivity index (χ0v) is 12.4. The largest absolute Gasteiger partial charge is 0.486 e. The number of nitrogens with two attached hydrogens (primary N) is 1. The maximum atomic E-state index is 5.97. The Labute approximate surface area is 128 Å². The number of imidazole rings is 1. The number of hydrogen-bond acceptors (Lipinski definition) is 4. The SMILES string of the molecule is Cc1ccc2nc(-c3ccc4c(c3)OCCO4)c(CN)n2c1. The van der Waals surface area contributed by atoms with Crippen molar-refractivity contribution in [3.05, 3.63) is 47.8 Å². The van der Waals surface area contributed by atoms with E-state index >= 15 is 0 Å². The average Bonchev–Trinajstić information content (AvgIpc) is 2.92. The maximum absolute atomic E-state index is 5.97. The van der Waals surface area contributed by atoms with E-state index in [9.17, 15) is 0 Å². The van der Waals surface area contributed by atoms with Crippen molar-refractivity contribution in [2.24, 2.45) is 5.73 Å². The van der Waals surface area contributed by atoms with Crippen LogP contribution in [0.1, 0.15) is 11.3 Å². The third-order valence-corrected chi connectivity index (χ3v) is 3.87. The number of hydrogen-bond donors (Lipinski definition) is 1. The molecule has 0 unspecified atom stereocenters. The fourth-order valence-corrected chi connectivity index (χ4v) is 2.82. The lowest BCUT2D eigenvalue weighted by Gasteiger charge is -2.18. The molecular weight excluding hydrogens is 278 g/mol. The van der Waals surface area contributed by atoms with E-state index in [-0.39, 0.29) is 0 Å². The fraction of sp³-hybridized carbons (Fsp3) is 0.235. The van der Waals surface area contributed by atoms with E-state index in [0.29, 0.717) is 19.8 Å². The van der Waals surface area contributed by atoms with Crippen molar-refractivity contribution in [3.63, 3.8) is 0 Å². The Hall–Kier alpha value is -2.53. The van der Waals surface area contributed by atoms with Crippen molar-refractivity contribution in [2.45, 2.75) is 13.5 Å². The lowest BCUT2D eigenvalue weighted by Crippen LogP contribution is -2.15. The summed E-state index contributed by atoms with van der Waals surface area (Å²) in [6.45, 7) is 3.65. The Kier molecular flexibility index (Phi) is 3.01. The van der Waals surface area contributed by atoms with Gasteiger partial charge in [-0.25, -0.2) is 4.98 Å². The second-order valence-corrected chi connectivity index (χ2v) is 5.40. The van der Waals surface area contributed by atoms with Gasteiger partial charge in [0.05, 0.1) is 11.4 Å². The zero-order chi connectivity index (χ0) is 15.1. The third-order valence-electron chi connectivity index (χ3n) is 3.87. The third kappa shape index (κ3) is 2.02. The summed E-state index contributed by atoms with van der Waals surface area (Å²) in [6, 6.07) is 9.97. The normalized spacial score (nSPS) is 13.5. The molecule has 3 aromatic rings. The van der Waals surface area contributed by atoms with Gasteiger partial charge in [-0.15, -0.1) is 0 Å². The molecule has 0 saturated heterocycles. The summed E-state index contributed by atoms with van der Waals surface area (Å²) < 4.78 is 13.3. The number of rotatable bonds is 2. The van der Waals surface area contributed by atoms with Crippen LogP contribution in [0.3, 0.4) is 0 Å². The molecule has 4 rings (SSSR count). The summed E-state index contributed by atoms with van der Waals surface area (Å²) in [7, 11) is 0. The number of ether oxygens (including phenoxy) is 2. The Morgan fingerprint density at radius 1 is 1.14 bits per heavy atom. The predicted octanol–water partition coefficient (Wildman–Crippen LogP) is 2.54. The van der Waals surface area contributed by atoms with Gasteiger partial charge >= 0.3 is 0 Å². The van der Waals surface area contributed by atoms with Gasteiger partial charge in [0.1, 0.15) is 18.9 Å². The van der Waals surface area contributed by atoms with Gasteiger partial charge < -0.3 is 19.6 Å². The highest BCUT2D eigenvalue weighted by Gasteiger charge is 2.17. The van der Waals surface area contributed by atoms with Crippen LogP contribution in [0, 0.1) is 6.92 Å². The van der Waals surface area contributed by atoms with Crippen LogP contribution in [-0.2, 0) is 6.54 Å². The van der Waals surface area contributed by atoms with Gasteiger partial charge in [0.25, 0.3) is 0 Å². The van der Waals surface area contributed by atoms with Gasteiger partial charge in [0.2, 0.25) is 0 Å². The Balaban J connectivity index is 1.90. The number of aryl methyl sites for hydroxylation is 1. The molecule has 112 valence electrons. The highest BCUT2D eigenvalue weighted by Crippen LogP contribution is 2.35. The average molecular weight is 295 g/mol. The van der Waals surface area contributed by atoms with E-state index in [0.717, 1.165) is 34.1 Å². The minimum Gasteiger partial charge on any atom is -0.486 e. The van der Waals surface area contributed by atoms with Gasteiger partial charge in [0, 0.05) is 18.3 Å². The molecule has 22 heavy (non-hydrogen) atoms. The maximum Gasteiger partial charge on any atom is 0.162 e. The Bertz CT molecular complexity index is 854. The summed E-state index contributed by atoms with van der Waals surface area (Å²) in [4.78, 5) is 4.73. The van der Waals surface area contributed by atoms with Crippen molar-refractivity contribution < 1.29 is 9.47 Å². The number of benzene rings is 1. The summed E-state index contributed by atoms with van der Waals surface area (Å²) in [5.41, 5.74) is 10.9. The van der Waals surface area contributed by atoms with Crippen LogP contribution in [0.5, 0.6) is 11.5 Å². The number of pyridine rings is 1. The molecule has 0 saturated carbocycles. The van der Waals surface area contributed by atoms with Crippen LogP contribution in [0.4, 0.5) is 0 Å². The first-order valence-electron chi connectivity index (χ1n) is 7.34. The van der Waals surface area contributed by atoms with Crippen molar-refractivity contribution in [1.29, 1.82) is 0 Å². The van der Waals surface area contributed by atoms with Crippen molar-refractivity contribution >= 4 is 5.65 Å². The van der Waals surface area contributed by atoms with E-state index in [1.807, 2.05) is 24.3 Å². The van der Waals surface area contributed by atoms with Gasteiger partial charge in [-0.05, 0) is 36.8 Å². The quantitative estimate of drug-likeness (QED) is 0.789. The molecule has 0 radical (unpaired) electrons. The summed E-state index contributed by atoms with van der Waals surface area (Å²) in [5.74, 6) is 1.55. The molecule has 0 amide bonds. The van der Waals surface area contributed by atoms with Gasteiger partial charge in [-0.3, -0.25) is 0 Å². The first-order chi connectivity index (χ1) is 10.8. The molecule has 0 fully saturated rings. The van der Waals surface area contributed by atoms with Crippen molar-refractivity contribution in [3.8, 4) is 22.8 Å². The second kappa shape index (κ2) is 5.03. The molecular formula is C17H17N3O2. The zero-order valence-electron chi connectivity index (χ0n) is 12.4. The standard InChI is InChI=1S/C17H17N3O2/c1-11-2-5-16-19-17(13(9-18)20(16)10-11)12-3-4-14-15(8-12)22-7-6-21-14/h2-5,8,10H,6-7,9,18H2,1H3. The molecule has 1 aliphatic heterocycles. The smallest absolute Gasteiger partial charge is 0.162 e. The molecule has 1 aromatic carbocycles.